The van der Waals surface area contributed by atoms with Gasteiger partial charge in [-0.15, -0.1) is 0 Å². The smallest absolute Gasteiger partial charge is 0.255 e. The fourth-order valence-corrected chi connectivity index (χ4v) is 8.32. The van der Waals surface area contributed by atoms with Gasteiger partial charge in [0.05, 0.1) is 26.9 Å². The summed E-state index contributed by atoms with van der Waals surface area (Å²) >= 11 is 6.28. The van der Waals surface area contributed by atoms with Gasteiger partial charge in [-0.25, -0.2) is 22.2 Å². The first kappa shape index (κ1) is 26.7. The molecule has 0 saturated heterocycles. The second-order valence-electron chi connectivity index (χ2n) is 9.98. The molecular formula is C26H26ClF2N3O5S. The Labute approximate surface area is 223 Å². The molecule has 1 amide bonds. The van der Waals surface area contributed by atoms with Gasteiger partial charge in [-0.05, 0) is 67.9 Å². The minimum absolute atomic E-state index is 0.00417. The first-order chi connectivity index (χ1) is 18.0. The number of benzene rings is 2. The highest BCUT2D eigenvalue weighted by atomic mass is 35.5. The molecule has 0 radical (unpaired) electrons. The van der Waals surface area contributed by atoms with E-state index < -0.39 is 56.2 Å². The monoisotopic (exact) mass is 565 g/mol. The lowest BCUT2D eigenvalue weighted by atomic mass is 9.70. The number of halogens is 3. The van der Waals surface area contributed by atoms with Crippen LogP contribution in [-0.4, -0.2) is 51.5 Å². The molecule has 1 heterocycles. The SMILES string of the molecule is O=C(Nc1ccc(F)c(F)c1)c1ccc(Cl)c(S(=O)(=O)C2CC3CCC(C2)C3(O)C(O)Cc2ncc[nH]2)c1. The van der Waals surface area contributed by atoms with Gasteiger partial charge < -0.3 is 20.5 Å². The number of amides is 1. The van der Waals surface area contributed by atoms with E-state index in [0.717, 1.165) is 12.1 Å². The van der Waals surface area contributed by atoms with Gasteiger partial charge >= 0.3 is 0 Å². The quantitative estimate of drug-likeness (QED) is 0.344. The third-order valence-corrected chi connectivity index (χ3v) is 10.5. The Morgan fingerprint density at radius 3 is 2.50 bits per heavy atom. The number of aromatic amines is 1. The Morgan fingerprint density at radius 1 is 1.16 bits per heavy atom. The van der Waals surface area contributed by atoms with Gasteiger partial charge in [-0.2, -0.15) is 0 Å². The number of H-pyrrole nitrogens is 1. The van der Waals surface area contributed by atoms with E-state index in [1.165, 1.54) is 24.3 Å². The summed E-state index contributed by atoms with van der Waals surface area (Å²) < 4.78 is 54.1. The largest absolute Gasteiger partial charge is 0.390 e. The highest BCUT2D eigenvalue weighted by molar-refractivity contribution is 7.92. The lowest BCUT2D eigenvalue weighted by Gasteiger charge is -2.45. The molecule has 38 heavy (non-hydrogen) atoms. The summed E-state index contributed by atoms with van der Waals surface area (Å²) in [6, 6.07) is 6.68. The maximum Gasteiger partial charge on any atom is 0.255 e. The van der Waals surface area contributed by atoms with Crippen molar-refractivity contribution >= 4 is 33.0 Å². The molecule has 5 rings (SSSR count). The fraction of sp³-hybridized carbons (Fsp3) is 0.385. The van der Waals surface area contributed by atoms with Crippen LogP contribution >= 0.6 is 11.6 Å². The molecule has 3 unspecified atom stereocenters. The van der Waals surface area contributed by atoms with Crippen molar-refractivity contribution in [1.82, 2.24) is 9.97 Å². The van der Waals surface area contributed by atoms with Crippen molar-refractivity contribution < 1.29 is 32.2 Å². The molecule has 8 nitrogen and oxygen atoms in total. The molecule has 3 aromatic rings. The Balaban J connectivity index is 1.36. The summed E-state index contributed by atoms with van der Waals surface area (Å²) in [5.74, 6) is -3.27. The average molecular weight is 566 g/mol. The predicted molar refractivity (Wildman–Crippen MR) is 135 cm³/mol. The number of aliphatic hydroxyl groups excluding tert-OH is 1. The number of nitrogens with zero attached hydrogens (tertiary/aromatic N) is 1. The van der Waals surface area contributed by atoms with Gasteiger partial charge in [0, 0.05) is 36.1 Å². The molecule has 2 aliphatic rings. The molecule has 0 spiro atoms. The maximum absolute atomic E-state index is 13.7. The van der Waals surface area contributed by atoms with Crippen molar-refractivity contribution in [3.05, 3.63) is 76.8 Å². The maximum atomic E-state index is 13.7. The van der Waals surface area contributed by atoms with Crippen LogP contribution in [0.15, 0.2) is 53.7 Å². The number of carbonyl (C=O) groups excluding carboxylic acids is 1. The average Bonchev–Trinajstić information content (AvgIpc) is 3.42. The molecule has 0 aliphatic heterocycles. The van der Waals surface area contributed by atoms with Gasteiger partial charge in [0.1, 0.15) is 5.82 Å². The number of carbonyl (C=O) groups is 1. The van der Waals surface area contributed by atoms with E-state index in [1.807, 2.05) is 0 Å². The molecule has 12 heteroatoms. The number of fused-ring (bicyclic) bond motifs is 2. The van der Waals surface area contributed by atoms with Crippen LogP contribution in [0.3, 0.4) is 0 Å². The normalized spacial score (nSPS) is 25.8. The molecule has 202 valence electrons. The molecule has 3 atom stereocenters. The first-order valence-corrected chi connectivity index (χ1v) is 14.1. The highest BCUT2D eigenvalue weighted by Gasteiger charge is 2.59. The Kier molecular flexibility index (Phi) is 7.06. The topological polar surface area (TPSA) is 132 Å². The van der Waals surface area contributed by atoms with Crippen LogP contribution in [0.5, 0.6) is 0 Å². The number of sulfone groups is 1. The Hall–Kier alpha value is -2.86. The second kappa shape index (κ2) is 10.0. The minimum Gasteiger partial charge on any atom is -0.390 e. The summed E-state index contributed by atoms with van der Waals surface area (Å²) in [5.41, 5.74) is -1.46. The number of imidazole rings is 1. The molecule has 2 aromatic carbocycles. The van der Waals surface area contributed by atoms with Crippen LogP contribution in [0, 0.1) is 23.5 Å². The number of rotatable bonds is 7. The minimum atomic E-state index is -4.02. The lowest BCUT2D eigenvalue weighted by Crippen LogP contribution is -2.56. The molecule has 1 aromatic heterocycles. The van der Waals surface area contributed by atoms with Crippen LogP contribution in [-0.2, 0) is 16.3 Å². The number of aliphatic hydroxyl groups is 2. The highest BCUT2D eigenvalue weighted by Crippen LogP contribution is 2.53. The molecule has 2 bridgehead atoms. The van der Waals surface area contributed by atoms with Crippen molar-refractivity contribution in [2.75, 3.05) is 5.32 Å². The van der Waals surface area contributed by atoms with Gasteiger partial charge in [-0.3, -0.25) is 4.79 Å². The van der Waals surface area contributed by atoms with E-state index in [1.54, 1.807) is 12.4 Å². The van der Waals surface area contributed by atoms with Gasteiger partial charge in [0.2, 0.25) is 0 Å². The number of anilines is 1. The summed E-state index contributed by atoms with van der Waals surface area (Å²) in [6.07, 6.45) is 3.61. The molecule has 2 fully saturated rings. The van der Waals surface area contributed by atoms with E-state index >= 15 is 0 Å². The van der Waals surface area contributed by atoms with Crippen LogP contribution in [0.1, 0.15) is 41.9 Å². The zero-order valence-corrected chi connectivity index (χ0v) is 21.6. The number of nitrogens with one attached hydrogen (secondary N) is 2. The zero-order valence-electron chi connectivity index (χ0n) is 20.1. The van der Waals surface area contributed by atoms with Crippen molar-refractivity contribution in [2.24, 2.45) is 11.8 Å². The number of hydrogen-bond donors (Lipinski definition) is 4. The standard InChI is InChI=1S/C26H26ClF2N3O5S/c27-19-5-1-14(25(34)32-17-4-6-20(28)21(29)12-17)9-22(19)38(36,37)18-10-15-2-3-16(11-18)26(15,35)23(33)13-24-30-7-8-31-24/h1,4-9,12,15-16,18,23,33,35H,2-3,10-11,13H2,(H,30,31)(H,32,34). The van der Waals surface area contributed by atoms with Crippen LogP contribution in [0.4, 0.5) is 14.5 Å². The van der Waals surface area contributed by atoms with Crippen molar-refractivity contribution in [3.8, 4) is 0 Å². The molecule has 2 aliphatic carbocycles. The molecular weight excluding hydrogens is 540 g/mol. The van der Waals surface area contributed by atoms with Crippen LogP contribution < -0.4 is 5.32 Å². The van der Waals surface area contributed by atoms with Gasteiger partial charge in [-0.1, -0.05) is 11.6 Å². The van der Waals surface area contributed by atoms with Crippen molar-refractivity contribution in [1.29, 1.82) is 0 Å². The summed E-state index contributed by atoms with van der Waals surface area (Å²) in [6.45, 7) is 0. The van der Waals surface area contributed by atoms with Crippen molar-refractivity contribution in [3.63, 3.8) is 0 Å². The van der Waals surface area contributed by atoms with E-state index in [4.69, 9.17) is 11.6 Å². The van der Waals surface area contributed by atoms with Gasteiger partial charge in [0.15, 0.2) is 21.5 Å². The summed E-state index contributed by atoms with van der Waals surface area (Å²) in [5, 5.41) is 23.9. The summed E-state index contributed by atoms with van der Waals surface area (Å²) in [4.78, 5) is 19.5. The third kappa shape index (κ3) is 4.72. The molecule has 4 N–H and O–H groups in total. The Bertz CT molecular complexity index is 1450. The van der Waals surface area contributed by atoms with E-state index in [0.29, 0.717) is 18.7 Å². The lowest BCUT2D eigenvalue weighted by molar-refractivity contribution is -0.141. The van der Waals surface area contributed by atoms with E-state index in [9.17, 15) is 32.2 Å². The molecule has 2 saturated carbocycles. The predicted octanol–water partition coefficient (Wildman–Crippen LogP) is 3.89. The fourth-order valence-electron chi connectivity index (χ4n) is 5.92. The third-order valence-electron chi connectivity index (χ3n) is 7.86. The van der Waals surface area contributed by atoms with Gasteiger partial charge in [0.25, 0.3) is 5.91 Å². The first-order valence-electron chi connectivity index (χ1n) is 12.2. The van der Waals surface area contributed by atoms with E-state index in [2.05, 4.69) is 15.3 Å². The number of aromatic nitrogens is 2. The van der Waals surface area contributed by atoms with Crippen LogP contribution in [0.2, 0.25) is 5.02 Å². The summed E-state index contributed by atoms with van der Waals surface area (Å²) in [7, 11) is -4.02. The van der Waals surface area contributed by atoms with Crippen LogP contribution in [0.25, 0.3) is 0 Å². The van der Waals surface area contributed by atoms with Crippen molar-refractivity contribution in [2.45, 2.75) is 54.0 Å². The van der Waals surface area contributed by atoms with E-state index in [-0.39, 0.29) is 40.4 Å². The number of hydrogen-bond acceptors (Lipinski definition) is 6. The zero-order chi connectivity index (χ0) is 27.2. The Morgan fingerprint density at radius 2 is 1.87 bits per heavy atom. The second-order valence-corrected chi connectivity index (χ2v) is 12.6.